The van der Waals surface area contributed by atoms with Crippen LogP contribution in [0.5, 0.6) is 0 Å². The minimum atomic E-state index is -0.761. The number of hydrazine groups is 1. The third kappa shape index (κ3) is 3.46. The second kappa shape index (κ2) is 7.15. The maximum atomic E-state index is 12.1. The van der Waals surface area contributed by atoms with Crippen molar-refractivity contribution in [2.24, 2.45) is 0 Å². The Kier molecular flexibility index (Phi) is 4.95. The number of carbonyl (C=O) groups is 2. The lowest BCUT2D eigenvalue weighted by Gasteiger charge is -2.24. The van der Waals surface area contributed by atoms with Crippen LogP contribution in [0.15, 0.2) is 48.5 Å². The van der Waals surface area contributed by atoms with Gasteiger partial charge in [-0.05, 0) is 47.7 Å². The third-order valence-electron chi connectivity index (χ3n) is 4.26. The molecule has 1 N–H and O–H groups in total. The van der Waals surface area contributed by atoms with Crippen molar-refractivity contribution < 1.29 is 14.3 Å². The summed E-state index contributed by atoms with van der Waals surface area (Å²) >= 11 is 5.46. The van der Waals surface area contributed by atoms with Crippen molar-refractivity contribution in [1.82, 2.24) is 10.4 Å². The predicted octanol–water partition coefficient (Wildman–Crippen LogP) is 4.51. The Morgan fingerprint density at radius 1 is 1.08 bits per heavy atom. The topological polar surface area (TPSA) is 58.6 Å². The van der Waals surface area contributed by atoms with E-state index in [4.69, 9.17) is 16.3 Å². The van der Waals surface area contributed by atoms with Crippen LogP contribution in [0.1, 0.15) is 30.9 Å². The molecule has 6 heteroatoms. The molecule has 0 unspecified atom stereocenters. The fourth-order valence-electron chi connectivity index (χ4n) is 3.11. The number of carbonyl (C=O) groups excluding carboxylic acids is 2. The van der Waals surface area contributed by atoms with Gasteiger partial charge in [0.25, 0.3) is 0 Å². The van der Waals surface area contributed by atoms with Gasteiger partial charge in [-0.2, -0.15) is 0 Å². The van der Waals surface area contributed by atoms with Gasteiger partial charge in [-0.15, -0.1) is 0 Å². The van der Waals surface area contributed by atoms with E-state index in [1.807, 2.05) is 36.4 Å². The first-order chi connectivity index (χ1) is 12.0. The van der Waals surface area contributed by atoms with Gasteiger partial charge in [0, 0.05) is 12.0 Å². The molecule has 0 heterocycles. The molecule has 0 aromatic heterocycles. The number of hydrogen-bond acceptors (Lipinski definition) is 3. The monoisotopic (exact) mass is 358 g/mol. The number of fused-ring (bicyclic) bond motifs is 3. The Morgan fingerprint density at radius 2 is 1.60 bits per heavy atom. The highest BCUT2D eigenvalue weighted by Crippen LogP contribution is 2.44. The van der Waals surface area contributed by atoms with E-state index in [-0.39, 0.29) is 18.6 Å². The maximum absolute atomic E-state index is 12.1. The highest BCUT2D eigenvalue weighted by atomic mass is 35.5. The average Bonchev–Trinajstić information content (AvgIpc) is 2.91. The van der Waals surface area contributed by atoms with Gasteiger partial charge in [0.1, 0.15) is 6.61 Å². The zero-order valence-electron chi connectivity index (χ0n) is 14.0. The van der Waals surface area contributed by atoms with E-state index in [0.717, 1.165) is 27.3 Å². The van der Waals surface area contributed by atoms with Gasteiger partial charge in [-0.3, -0.25) is 4.79 Å². The molecular formula is C19H19ClN2O3. The summed E-state index contributed by atoms with van der Waals surface area (Å²) in [4.78, 5) is 23.4. The van der Waals surface area contributed by atoms with Crippen molar-refractivity contribution in [3.8, 4) is 11.1 Å². The van der Waals surface area contributed by atoms with Gasteiger partial charge in [0.2, 0.25) is 0 Å². The van der Waals surface area contributed by atoms with E-state index < -0.39 is 11.5 Å². The lowest BCUT2D eigenvalue weighted by atomic mass is 9.98. The summed E-state index contributed by atoms with van der Waals surface area (Å²) in [7, 11) is 0. The Hall–Kier alpha value is -2.53. The van der Waals surface area contributed by atoms with E-state index in [1.54, 1.807) is 13.8 Å². The van der Waals surface area contributed by atoms with E-state index in [9.17, 15) is 9.59 Å². The van der Waals surface area contributed by atoms with Crippen molar-refractivity contribution in [3.63, 3.8) is 0 Å². The van der Waals surface area contributed by atoms with Crippen LogP contribution in [0.25, 0.3) is 11.1 Å². The Bertz CT molecular complexity index is 761. The molecular weight excluding hydrogens is 340 g/mol. The number of hydrogen-bond donors (Lipinski definition) is 1. The second-order valence-electron chi connectivity index (χ2n) is 6.15. The standard InChI is InChI=1S/C19H19ClN2O3/c1-12(2)22(18(20)23)21-19(24)25-11-17-15-9-5-3-7-13(15)14-8-4-6-10-16(14)17/h3-10,12,17H,11H2,1-2H3,(H,21,24). The summed E-state index contributed by atoms with van der Waals surface area (Å²) in [5.41, 5.74) is 6.96. The molecule has 0 aliphatic heterocycles. The Morgan fingerprint density at radius 3 is 2.08 bits per heavy atom. The summed E-state index contributed by atoms with van der Waals surface area (Å²) in [5, 5.41) is 0.268. The highest BCUT2D eigenvalue weighted by molar-refractivity contribution is 6.62. The molecule has 2 amide bonds. The first kappa shape index (κ1) is 17.3. The molecule has 2 aromatic carbocycles. The van der Waals surface area contributed by atoms with Gasteiger partial charge in [-0.25, -0.2) is 15.2 Å². The molecule has 25 heavy (non-hydrogen) atoms. The normalized spacial score (nSPS) is 12.5. The molecule has 0 spiro atoms. The number of amides is 2. The summed E-state index contributed by atoms with van der Waals surface area (Å²) in [6.07, 6.45) is -0.704. The molecule has 3 rings (SSSR count). The largest absolute Gasteiger partial charge is 0.447 e. The van der Waals surface area contributed by atoms with Gasteiger partial charge >= 0.3 is 11.5 Å². The molecule has 0 bridgehead atoms. The lowest BCUT2D eigenvalue weighted by molar-refractivity contribution is 0.106. The van der Waals surface area contributed by atoms with Gasteiger partial charge < -0.3 is 4.74 Å². The van der Waals surface area contributed by atoms with E-state index in [2.05, 4.69) is 17.6 Å². The molecule has 2 aromatic rings. The molecule has 0 atom stereocenters. The lowest BCUT2D eigenvalue weighted by Crippen LogP contribution is -2.48. The number of nitrogens with one attached hydrogen (secondary N) is 1. The number of ether oxygens (including phenoxy) is 1. The van der Waals surface area contributed by atoms with E-state index >= 15 is 0 Å². The summed E-state index contributed by atoms with van der Waals surface area (Å²) in [6, 6.07) is 15.9. The van der Waals surface area contributed by atoms with Gasteiger partial charge in [0.05, 0.1) is 0 Å². The van der Waals surface area contributed by atoms with Crippen molar-refractivity contribution in [2.75, 3.05) is 6.61 Å². The van der Waals surface area contributed by atoms with Crippen LogP contribution >= 0.6 is 11.6 Å². The molecule has 0 radical (unpaired) electrons. The van der Waals surface area contributed by atoms with Crippen molar-refractivity contribution in [1.29, 1.82) is 0 Å². The minimum absolute atomic E-state index is 0.0302. The van der Waals surface area contributed by atoms with Crippen molar-refractivity contribution in [2.45, 2.75) is 25.8 Å². The zero-order chi connectivity index (χ0) is 18.0. The van der Waals surface area contributed by atoms with Crippen molar-refractivity contribution in [3.05, 3.63) is 59.7 Å². The van der Waals surface area contributed by atoms with Crippen LogP contribution in [0.2, 0.25) is 0 Å². The Balaban J connectivity index is 1.73. The SMILES string of the molecule is CC(C)N(NC(=O)OCC1c2ccccc2-c2ccccc21)C(=O)Cl. The zero-order valence-corrected chi connectivity index (χ0v) is 14.8. The summed E-state index contributed by atoms with van der Waals surface area (Å²) < 4.78 is 5.37. The van der Waals surface area contributed by atoms with Crippen LogP contribution < -0.4 is 5.43 Å². The van der Waals surface area contributed by atoms with E-state index in [1.165, 1.54) is 0 Å². The first-order valence-corrected chi connectivity index (χ1v) is 8.47. The molecule has 0 fully saturated rings. The number of benzene rings is 2. The van der Waals surface area contributed by atoms with Crippen LogP contribution in [0.4, 0.5) is 9.59 Å². The van der Waals surface area contributed by atoms with Gasteiger partial charge in [-0.1, -0.05) is 48.5 Å². The van der Waals surface area contributed by atoms with Crippen LogP contribution in [-0.4, -0.2) is 29.1 Å². The number of halogens is 1. The van der Waals surface area contributed by atoms with Crippen LogP contribution in [0, 0.1) is 0 Å². The summed E-state index contributed by atoms with van der Waals surface area (Å²) in [6.45, 7) is 3.66. The minimum Gasteiger partial charge on any atom is -0.447 e. The summed E-state index contributed by atoms with van der Waals surface area (Å²) in [5.74, 6) is -0.0302. The Labute approximate surface area is 151 Å². The predicted molar refractivity (Wildman–Crippen MR) is 96.4 cm³/mol. The third-order valence-corrected chi connectivity index (χ3v) is 4.44. The van der Waals surface area contributed by atoms with Crippen LogP contribution in [-0.2, 0) is 4.74 Å². The quantitative estimate of drug-likeness (QED) is 0.499. The molecule has 1 aliphatic rings. The molecule has 5 nitrogen and oxygen atoms in total. The average molecular weight is 359 g/mol. The smallest absolute Gasteiger partial charge is 0.426 e. The number of nitrogens with zero attached hydrogens (tertiary/aromatic N) is 1. The molecule has 0 saturated carbocycles. The fraction of sp³-hybridized carbons (Fsp3) is 0.263. The number of rotatable bonds is 3. The first-order valence-electron chi connectivity index (χ1n) is 8.09. The highest BCUT2D eigenvalue weighted by Gasteiger charge is 2.29. The molecule has 0 saturated heterocycles. The van der Waals surface area contributed by atoms with Crippen LogP contribution in [0.3, 0.4) is 0 Å². The van der Waals surface area contributed by atoms with Gasteiger partial charge in [0.15, 0.2) is 0 Å². The second-order valence-corrected chi connectivity index (χ2v) is 6.48. The fourth-order valence-corrected chi connectivity index (χ4v) is 3.34. The van der Waals surface area contributed by atoms with Crippen molar-refractivity contribution >= 4 is 23.1 Å². The maximum Gasteiger partial charge on any atom is 0.426 e. The molecule has 130 valence electrons. The van der Waals surface area contributed by atoms with E-state index in [0.29, 0.717) is 0 Å². The molecule has 1 aliphatic carbocycles.